The molecule has 134 valence electrons. The molecule has 3 rings (SSSR count). The van der Waals surface area contributed by atoms with Gasteiger partial charge in [-0.25, -0.2) is 4.79 Å². The lowest BCUT2D eigenvalue weighted by atomic mass is 10.2. The Morgan fingerprint density at radius 3 is 2.54 bits per heavy atom. The van der Waals surface area contributed by atoms with Gasteiger partial charge in [0, 0.05) is 6.07 Å². The van der Waals surface area contributed by atoms with E-state index in [-0.39, 0.29) is 6.61 Å². The first kappa shape index (κ1) is 17.5. The number of methoxy groups -OCH3 is 1. The predicted molar refractivity (Wildman–Crippen MR) is 94.1 cm³/mol. The number of nitrogens with zero attached hydrogens (tertiary/aromatic N) is 1. The first-order valence-corrected chi connectivity index (χ1v) is 8.10. The quantitative estimate of drug-likeness (QED) is 0.600. The van der Waals surface area contributed by atoms with Gasteiger partial charge in [-0.05, 0) is 30.7 Å². The molecule has 2 aromatic carbocycles. The molecule has 0 radical (unpaired) electrons. The van der Waals surface area contributed by atoms with E-state index >= 15 is 0 Å². The normalized spacial score (nSPS) is 10.4. The van der Waals surface area contributed by atoms with Gasteiger partial charge in [-0.3, -0.25) is 0 Å². The molecule has 0 spiro atoms. The van der Waals surface area contributed by atoms with Crippen molar-refractivity contribution < 1.29 is 23.5 Å². The minimum Gasteiger partial charge on any atom is -0.493 e. The average molecular weight is 353 g/mol. The van der Waals surface area contributed by atoms with Gasteiger partial charge >= 0.3 is 5.97 Å². The lowest BCUT2D eigenvalue weighted by Crippen LogP contribution is -2.06. The van der Waals surface area contributed by atoms with Gasteiger partial charge in [-0.15, -0.1) is 0 Å². The van der Waals surface area contributed by atoms with Gasteiger partial charge in [0.1, 0.15) is 24.7 Å². The standard InChI is InChI=1S/C20H19NO5/c1-14-10-17(21-26-14)13-25-20(22)16-8-9-18(19(11-16)23-2)24-12-15-6-4-3-5-7-15/h3-11H,12-13H2,1-2H3. The number of aryl methyl sites for hydroxylation is 1. The molecule has 0 fully saturated rings. The van der Waals surface area contributed by atoms with Crippen molar-refractivity contribution in [3.63, 3.8) is 0 Å². The third kappa shape index (κ3) is 4.42. The molecule has 1 aromatic heterocycles. The van der Waals surface area contributed by atoms with Gasteiger partial charge in [0.05, 0.1) is 12.7 Å². The first-order chi connectivity index (χ1) is 12.7. The Kier molecular flexibility index (Phi) is 5.53. The lowest BCUT2D eigenvalue weighted by Gasteiger charge is -2.12. The summed E-state index contributed by atoms with van der Waals surface area (Å²) in [5.41, 5.74) is 1.97. The van der Waals surface area contributed by atoms with Gasteiger partial charge < -0.3 is 18.7 Å². The molecule has 0 saturated carbocycles. The minimum absolute atomic E-state index is 0.0464. The van der Waals surface area contributed by atoms with Crippen LogP contribution in [-0.4, -0.2) is 18.2 Å². The van der Waals surface area contributed by atoms with E-state index in [0.29, 0.717) is 35.1 Å². The number of carbonyl (C=O) groups is 1. The van der Waals surface area contributed by atoms with Gasteiger partial charge in [0.2, 0.25) is 0 Å². The minimum atomic E-state index is -0.474. The summed E-state index contributed by atoms with van der Waals surface area (Å²) in [6.45, 7) is 2.23. The molecule has 0 saturated heterocycles. The summed E-state index contributed by atoms with van der Waals surface area (Å²) >= 11 is 0. The molecule has 0 aliphatic rings. The van der Waals surface area contributed by atoms with Crippen LogP contribution in [0.3, 0.4) is 0 Å². The number of aromatic nitrogens is 1. The monoisotopic (exact) mass is 353 g/mol. The number of hydrogen-bond acceptors (Lipinski definition) is 6. The lowest BCUT2D eigenvalue weighted by molar-refractivity contribution is 0.0463. The average Bonchev–Trinajstić information content (AvgIpc) is 3.10. The molecule has 0 atom stereocenters. The third-order valence-corrected chi connectivity index (χ3v) is 3.66. The molecule has 6 nitrogen and oxygen atoms in total. The fourth-order valence-corrected chi connectivity index (χ4v) is 2.36. The second-order valence-electron chi connectivity index (χ2n) is 5.64. The van der Waals surface area contributed by atoms with Gasteiger partial charge in [0.15, 0.2) is 11.5 Å². The van der Waals surface area contributed by atoms with E-state index in [2.05, 4.69) is 5.16 Å². The van der Waals surface area contributed by atoms with Crippen molar-refractivity contribution in [3.8, 4) is 11.5 Å². The van der Waals surface area contributed by atoms with E-state index in [0.717, 1.165) is 5.56 Å². The molecule has 0 aliphatic heterocycles. The van der Waals surface area contributed by atoms with Crippen LogP contribution >= 0.6 is 0 Å². The molecule has 6 heteroatoms. The molecule has 3 aromatic rings. The summed E-state index contributed by atoms with van der Waals surface area (Å²) in [5.74, 6) is 1.21. The topological polar surface area (TPSA) is 70.8 Å². The zero-order valence-electron chi connectivity index (χ0n) is 14.6. The van der Waals surface area contributed by atoms with Crippen molar-refractivity contribution in [2.45, 2.75) is 20.1 Å². The van der Waals surface area contributed by atoms with Crippen LogP contribution in [0, 0.1) is 6.92 Å². The van der Waals surface area contributed by atoms with Crippen molar-refractivity contribution in [3.05, 3.63) is 77.2 Å². The third-order valence-electron chi connectivity index (χ3n) is 3.66. The Morgan fingerprint density at radius 2 is 1.85 bits per heavy atom. The Hall–Kier alpha value is -3.28. The Balaban J connectivity index is 1.64. The molecule has 0 N–H and O–H groups in total. The number of carbonyl (C=O) groups excluding carboxylic acids is 1. The van der Waals surface area contributed by atoms with Crippen LogP contribution < -0.4 is 9.47 Å². The fourth-order valence-electron chi connectivity index (χ4n) is 2.36. The van der Waals surface area contributed by atoms with Crippen molar-refractivity contribution in [2.24, 2.45) is 0 Å². The van der Waals surface area contributed by atoms with Crippen molar-refractivity contribution in [1.82, 2.24) is 5.16 Å². The van der Waals surface area contributed by atoms with Crippen LogP contribution in [0.5, 0.6) is 11.5 Å². The van der Waals surface area contributed by atoms with Crippen molar-refractivity contribution in [1.29, 1.82) is 0 Å². The number of esters is 1. The highest BCUT2D eigenvalue weighted by atomic mass is 16.5. The summed E-state index contributed by atoms with van der Waals surface area (Å²) in [6, 6.07) is 16.4. The number of ether oxygens (including phenoxy) is 3. The van der Waals surface area contributed by atoms with Gasteiger partial charge in [-0.1, -0.05) is 35.5 Å². The molecule has 0 unspecified atom stereocenters. The Labute approximate surface area is 151 Å². The predicted octanol–water partition coefficient (Wildman–Crippen LogP) is 3.93. The maximum Gasteiger partial charge on any atom is 0.338 e. The van der Waals surface area contributed by atoms with E-state index in [1.807, 2.05) is 30.3 Å². The van der Waals surface area contributed by atoms with E-state index in [4.69, 9.17) is 18.7 Å². The van der Waals surface area contributed by atoms with Gasteiger partial charge in [-0.2, -0.15) is 0 Å². The molecule has 0 bridgehead atoms. The molecule has 1 heterocycles. The van der Waals surface area contributed by atoms with Crippen LogP contribution in [0.1, 0.15) is 27.4 Å². The second kappa shape index (κ2) is 8.20. The smallest absolute Gasteiger partial charge is 0.338 e. The maximum absolute atomic E-state index is 12.2. The van der Waals surface area contributed by atoms with Crippen LogP contribution in [0.2, 0.25) is 0 Å². The highest BCUT2D eigenvalue weighted by Gasteiger charge is 2.13. The van der Waals surface area contributed by atoms with E-state index < -0.39 is 5.97 Å². The van der Waals surface area contributed by atoms with E-state index in [9.17, 15) is 4.79 Å². The molecular formula is C20H19NO5. The molecule has 26 heavy (non-hydrogen) atoms. The van der Waals surface area contributed by atoms with Crippen LogP contribution in [0.15, 0.2) is 59.1 Å². The molecule has 0 amide bonds. The summed E-state index contributed by atoms with van der Waals surface area (Å²) in [7, 11) is 1.53. The number of rotatable bonds is 7. The second-order valence-corrected chi connectivity index (χ2v) is 5.64. The zero-order chi connectivity index (χ0) is 18.4. The highest BCUT2D eigenvalue weighted by Crippen LogP contribution is 2.29. The van der Waals surface area contributed by atoms with Gasteiger partial charge in [0.25, 0.3) is 0 Å². The van der Waals surface area contributed by atoms with Crippen molar-refractivity contribution in [2.75, 3.05) is 7.11 Å². The largest absolute Gasteiger partial charge is 0.493 e. The van der Waals surface area contributed by atoms with Crippen molar-refractivity contribution >= 4 is 5.97 Å². The van der Waals surface area contributed by atoms with Crippen LogP contribution in [0.25, 0.3) is 0 Å². The van der Waals surface area contributed by atoms with E-state index in [1.165, 1.54) is 7.11 Å². The van der Waals surface area contributed by atoms with E-state index in [1.54, 1.807) is 31.2 Å². The number of benzene rings is 2. The van der Waals surface area contributed by atoms with Crippen LogP contribution in [0.4, 0.5) is 0 Å². The Morgan fingerprint density at radius 1 is 1.04 bits per heavy atom. The zero-order valence-corrected chi connectivity index (χ0v) is 14.6. The Bertz CT molecular complexity index is 873. The van der Waals surface area contributed by atoms with Crippen LogP contribution in [-0.2, 0) is 18.0 Å². The summed E-state index contributed by atoms with van der Waals surface area (Å²) in [5, 5.41) is 3.79. The molecular weight excluding hydrogens is 334 g/mol. The summed E-state index contributed by atoms with van der Waals surface area (Å²) in [4.78, 5) is 12.2. The fraction of sp³-hybridized carbons (Fsp3) is 0.200. The first-order valence-electron chi connectivity index (χ1n) is 8.10. The molecule has 0 aliphatic carbocycles. The summed E-state index contributed by atoms with van der Waals surface area (Å²) < 4.78 is 21.3. The summed E-state index contributed by atoms with van der Waals surface area (Å²) in [6.07, 6.45) is 0. The maximum atomic E-state index is 12.2. The number of hydrogen-bond donors (Lipinski definition) is 0. The highest BCUT2D eigenvalue weighted by molar-refractivity contribution is 5.90. The SMILES string of the molecule is COc1cc(C(=O)OCc2cc(C)on2)ccc1OCc1ccccc1.